The standard InChI is InChI=1S/C14H19NO5/c1-19-11-5-3-6-12(20-2)10(11)9-13(16)15-8-4-7-14(17)18/h3,5-6H,4,7-9H2,1-2H3,(H,15,16)(H,17,18). The van der Waals surface area contributed by atoms with Crippen molar-refractivity contribution in [1.29, 1.82) is 0 Å². The van der Waals surface area contributed by atoms with Crippen LogP contribution in [0.15, 0.2) is 18.2 Å². The van der Waals surface area contributed by atoms with Gasteiger partial charge < -0.3 is 19.9 Å². The summed E-state index contributed by atoms with van der Waals surface area (Å²) < 4.78 is 10.4. The van der Waals surface area contributed by atoms with E-state index in [1.165, 1.54) is 14.2 Å². The van der Waals surface area contributed by atoms with Crippen LogP contribution in [0.4, 0.5) is 0 Å². The molecular formula is C14H19NO5. The molecule has 2 N–H and O–H groups in total. The molecular weight excluding hydrogens is 262 g/mol. The van der Waals surface area contributed by atoms with Crippen LogP contribution < -0.4 is 14.8 Å². The molecule has 0 heterocycles. The fourth-order valence-corrected chi connectivity index (χ4v) is 1.79. The summed E-state index contributed by atoms with van der Waals surface area (Å²) in [4.78, 5) is 22.2. The Kier molecular flexibility index (Phi) is 6.36. The number of hydrogen-bond acceptors (Lipinski definition) is 4. The summed E-state index contributed by atoms with van der Waals surface area (Å²) >= 11 is 0. The first-order chi connectivity index (χ1) is 9.58. The third-order valence-corrected chi connectivity index (χ3v) is 2.76. The first kappa shape index (κ1) is 15.8. The normalized spacial score (nSPS) is 9.90. The van der Waals surface area contributed by atoms with Crippen LogP contribution in [0.25, 0.3) is 0 Å². The largest absolute Gasteiger partial charge is 0.496 e. The highest BCUT2D eigenvalue weighted by molar-refractivity contribution is 5.80. The zero-order chi connectivity index (χ0) is 15.0. The molecule has 0 atom stereocenters. The van der Waals surface area contributed by atoms with Crippen molar-refractivity contribution in [1.82, 2.24) is 5.32 Å². The molecule has 0 bridgehead atoms. The second-order valence-electron chi connectivity index (χ2n) is 4.17. The number of carbonyl (C=O) groups excluding carboxylic acids is 1. The molecule has 20 heavy (non-hydrogen) atoms. The predicted octanol–water partition coefficient (Wildman–Crippen LogP) is 1.23. The summed E-state index contributed by atoms with van der Waals surface area (Å²) in [5.41, 5.74) is 0.674. The van der Waals surface area contributed by atoms with Gasteiger partial charge in [0, 0.05) is 18.5 Å². The molecule has 1 amide bonds. The van der Waals surface area contributed by atoms with Crippen molar-refractivity contribution in [2.75, 3.05) is 20.8 Å². The quantitative estimate of drug-likeness (QED) is 0.700. The second kappa shape index (κ2) is 8.04. The van der Waals surface area contributed by atoms with E-state index in [0.717, 1.165) is 0 Å². The minimum atomic E-state index is -0.870. The van der Waals surface area contributed by atoms with E-state index in [1.807, 2.05) is 0 Å². The van der Waals surface area contributed by atoms with Gasteiger partial charge >= 0.3 is 5.97 Å². The van der Waals surface area contributed by atoms with E-state index >= 15 is 0 Å². The fourth-order valence-electron chi connectivity index (χ4n) is 1.79. The van der Waals surface area contributed by atoms with Gasteiger partial charge in [0.25, 0.3) is 0 Å². The molecule has 0 aliphatic carbocycles. The maximum absolute atomic E-state index is 11.8. The third-order valence-electron chi connectivity index (χ3n) is 2.76. The molecule has 110 valence electrons. The van der Waals surface area contributed by atoms with Crippen LogP contribution in [0.1, 0.15) is 18.4 Å². The van der Waals surface area contributed by atoms with Crippen LogP contribution in [0.5, 0.6) is 11.5 Å². The Morgan fingerprint density at radius 2 is 1.80 bits per heavy atom. The average Bonchev–Trinajstić information content (AvgIpc) is 2.43. The molecule has 1 aromatic rings. The molecule has 0 spiro atoms. The highest BCUT2D eigenvalue weighted by Gasteiger charge is 2.13. The molecule has 0 saturated carbocycles. The summed E-state index contributed by atoms with van der Waals surface area (Å²) in [6.07, 6.45) is 0.572. The second-order valence-corrected chi connectivity index (χ2v) is 4.17. The van der Waals surface area contributed by atoms with Crippen molar-refractivity contribution in [2.24, 2.45) is 0 Å². The number of carboxylic acid groups (broad SMARTS) is 1. The minimum absolute atomic E-state index is 0.0399. The number of rotatable bonds is 8. The first-order valence-electron chi connectivity index (χ1n) is 6.26. The van der Waals surface area contributed by atoms with Crippen molar-refractivity contribution < 1.29 is 24.2 Å². The van der Waals surface area contributed by atoms with Gasteiger partial charge in [0.1, 0.15) is 11.5 Å². The predicted molar refractivity (Wildman–Crippen MR) is 73.1 cm³/mol. The molecule has 0 saturated heterocycles. The summed E-state index contributed by atoms with van der Waals surface area (Å²) in [6.45, 7) is 0.336. The molecule has 0 radical (unpaired) electrons. The van der Waals surface area contributed by atoms with Crippen LogP contribution in [-0.2, 0) is 16.0 Å². The molecule has 1 rings (SSSR count). The number of benzene rings is 1. The number of ether oxygens (including phenoxy) is 2. The average molecular weight is 281 g/mol. The fraction of sp³-hybridized carbons (Fsp3) is 0.429. The monoisotopic (exact) mass is 281 g/mol. The van der Waals surface area contributed by atoms with Crippen LogP contribution in [0, 0.1) is 0 Å². The van der Waals surface area contributed by atoms with Gasteiger partial charge in [-0.25, -0.2) is 0 Å². The van der Waals surface area contributed by atoms with Crippen molar-refractivity contribution in [2.45, 2.75) is 19.3 Å². The lowest BCUT2D eigenvalue weighted by Gasteiger charge is -2.12. The van der Waals surface area contributed by atoms with Gasteiger partial charge in [-0.3, -0.25) is 9.59 Å². The minimum Gasteiger partial charge on any atom is -0.496 e. The van der Waals surface area contributed by atoms with E-state index in [1.54, 1.807) is 18.2 Å². The Labute approximate surface area is 117 Å². The molecule has 0 fully saturated rings. The zero-order valence-corrected chi connectivity index (χ0v) is 11.6. The van der Waals surface area contributed by atoms with Crippen LogP contribution in [-0.4, -0.2) is 37.7 Å². The van der Waals surface area contributed by atoms with E-state index in [-0.39, 0.29) is 18.7 Å². The van der Waals surface area contributed by atoms with Crippen LogP contribution >= 0.6 is 0 Å². The van der Waals surface area contributed by atoms with E-state index in [2.05, 4.69) is 5.32 Å². The molecule has 1 aromatic carbocycles. The van der Waals surface area contributed by atoms with Gasteiger partial charge in [0.2, 0.25) is 5.91 Å². The number of aliphatic carboxylic acids is 1. The van der Waals surface area contributed by atoms with E-state index in [4.69, 9.17) is 14.6 Å². The first-order valence-corrected chi connectivity index (χ1v) is 6.26. The van der Waals surface area contributed by atoms with E-state index in [0.29, 0.717) is 30.0 Å². The van der Waals surface area contributed by atoms with Crippen LogP contribution in [0.3, 0.4) is 0 Å². The molecule has 0 aromatic heterocycles. The highest BCUT2D eigenvalue weighted by Crippen LogP contribution is 2.28. The van der Waals surface area contributed by atoms with E-state index in [9.17, 15) is 9.59 Å². The number of nitrogens with one attached hydrogen (secondary N) is 1. The van der Waals surface area contributed by atoms with Gasteiger partial charge in [-0.1, -0.05) is 6.07 Å². The number of carbonyl (C=O) groups is 2. The maximum Gasteiger partial charge on any atom is 0.303 e. The van der Waals surface area contributed by atoms with Gasteiger partial charge in [-0.15, -0.1) is 0 Å². The molecule has 0 unspecified atom stereocenters. The lowest BCUT2D eigenvalue weighted by Crippen LogP contribution is -2.26. The smallest absolute Gasteiger partial charge is 0.303 e. The SMILES string of the molecule is COc1cccc(OC)c1CC(=O)NCCCC(=O)O. The number of amides is 1. The van der Waals surface area contributed by atoms with Crippen LogP contribution in [0.2, 0.25) is 0 Å². The van der Waals surface area contributed by atoms with Gasteiger partial charge in [0.15, 0.2) is 0 Å². The topological polar surface area (TPSA) is 84.9 Å². The summed E-state index contributed by atoms with van der Waals surface area (Å²) in [5, 5.41) is 11.2. The Hall–Kier alpha value is -2.24. The van der Waals surface area contributed by atoms with E-state index < -0.39 is 5.97 Å². The Balaban J connectivity index is 2.59. The zero-order valence-electron chi connectivity index (χ0n) is 11.6. The summed E-state index contributed by atoms with van der Waals surface area (Å²) in [6, 6.07) is 5.30. The summed E-state index contributed by atoms with van der Waals surface area (Å²) in [5.74, 6) is 0.110. The van der Waals surface area contributed by atoms with Gasteiger partial charge in [0.05, 0.1) is 20.6 Å². The number of methoxy groups -OCH3 is 2. The van der Waals surface area contributed by atoms with Crippen molar-refractivity contribution in [3.63, 3.8) is 0 Å². The molecule has 6 heteroatoms. The Morgan fingerprint density at radius 3 is 2.30 bits per heavy atom. The summed E-state index contributed by atoms with van der Waals surface area (Å²) in [7, 11) is 3.06. The van der Waals surface area contributed by atoms with Gasteiger partial charge in [-0.05, 0) is 18.6 Å². The number of hydrogen-bond donors (Lipinski definition) is 2. The Morgan fingerprint density at radius 1 is 1.20 bits per heavy atom. The lowest BCUT2D eigenvalue weighted by atomic mass is 10.1. The highest BCUT2D eigenvalue weighted by atomic mass is 16.5. The van der Waals surface area contributed by atoms with Crippen molar-refractivity contribution in [3.05, 3.63) is 23.8 Å². The third kappa shape index (κ3) is 4.79. The van der Waals surface area contributed by atoms with Crippen molar-refractivity contribution >= 4 is 11.9 Å². The van der Waals surface area contributed by atoms with Gasteiger partial charge in [-0.2, -0.15) is 0 Å². The molecule has 0 aliphatic heterocycles. The molecule has 0 aliphatic rings. The molecule has 6 nitrogen and oxygen atoms in total. The maximum atomic E-state index is 11.8. The Bertz CT molecular complexity index is 450. The lowest BCUT2D eigenvalue weighted by molar-refractivity contribution is -0.137. The van der Waals surface area contributed by atoms with Crippen molar-refractivity contribution in [3.8, 4) is 11.5 Å². The number of carboxylic acids is 1.